The number of benzene rings is 1. The van der Waals surface area contributed by atoms with Crippen LogP contribution in [0.25, 0.3) is 0 Å². The van der Waals surface area contributed by atoms with Gasteiger partial charge < -0.3 is 16.4 Å². The van der Waals surface area contributed by atoms with E-state index < -0.39 is 6.04 Å². The van der Waals surface area contributed by atoms with Crippen LogP contribution in [0.3, 0.4) is 0 Å². The molecule has 0 bridgehead atoms. The predicted molar refractivity (Wildman–Crippen MR) is 93.3 cm³/mol. The standard InChI is InChI=1S/C16H25N3O2S/c1-10-7-11(2)15(12(3)8-10)19-14(20)9-18-16(21)13(17)5-6-22-4/h7-8,13H,5-6,9,17H2,1-4H3,(H,18,21)(H,19,20). The number of nitrogens with one attached hydrogen (secondary N) is 2. The molecule has 2 amide bonds. The van der Waals surface area contributed by atoms with Crippen LogP contribution >= 0.6 is 11.8 Å². The lowest BCUT2D eigenvalue weighted by Crippen LogP contribution is -2.43. The Hall–Kier alpha value is -1.53. The van der Waals surface area contributed by atoms with Gasteiger partial charge >= 0.3 is 0 Å². The van der Waals surface area contributed by atoms with Crippen molar-refractivity contribution in [1.29, 1.82) is 0 Å². The van der Waals surface area contributed by atoms with Crippen molar-refractivity contribution >= 4 is 29.3 Å². The molecule has 6 heteroatoms. The summed E-state index contributed by atoms with van der Waals surface area (Å²) in [6, 6.07) is 3.46. The lowest BCUT2D eigenvalue weighted by Gasteiger charge is -2.14. The molecular formula is C16H25N3O2S. The van der Waals surface area contributed by atoms with Crippen LogP contribution in [0.5, 0.6) is 0 Å². The molecule has 1 rings (SSSR count). The van der Waals surface area contributed by atoms with Crippen LogP contribution in [0.1, 0.15) is 23.1 Å². The quantitative estimate of drug-likeness (QED) is 0.714. The number of rotatable bonds is 7. The zero-order chi connectivity index (χ0) is 16.7. The molecule has 0 fully saturated rings. The lowest BCUT2D eigenvalue weighted by atomic mass is 10.1. The van der Waals surface area contributed by atoms with E-state index in [1.165, 1.54) is 0 Å². The Morgan fingerprint density at radius 3 is 2.36 bits per heavy atom. The summed E-state index contributed by atoms with van der Waals surface area (Å²) in [7, 11) is 0. The van der Waals surface area contributed by atoms with Crippen molar-refractivity contribution in [2.24, 2.45) is 5.73 Å². The maximum atomic E-state index is 12.0. The van der Waals surface area contributed by atoms with Crippen molar-refractivity contribution in [2.75, 3.05) is 23.9 Å². The fourth-order valence-corrected chi connectivity index (χ4v) is 2.72. The van der Waals surface area contributed by atoms with E-state index in [1.54, 1.807) is 11.8 Å². The van der Waals surface area contributed by atoms with E-state index in [9.17, 15) is 9.59 Å². The summed E-state index contributed by atoms with van der Waals surface area (Å²) in [6.07, 6.45) is 2.56. The van der Waals surface area contributed by atoms with Crippen molar-refractivity contribution < 1.29 is 9.59 Å². The van der Waals surface area contributed by atoms with Gasteiger partial charge in [-0.05, 0) is 50.3 Å². The zero-order valence-electron chi connectivity index (χ0n) is 13.7. The molecule has 4 N–H and O–H groups in total. The first-order valence-corrected chi connectivity index (χ1v) is 8.64. The Morgan fingerprint density at radius 1 is 1.23 bits per heavy atom. The number of nitrogens with two attached hydrogens (primary N) is 1. The van der Waals surface area contributed by atoms with Crippen LogP contribution in [0.2, 0.25) is 0 Å². The first-order chi connectivity index (χ1) is 10.3. The maximum absolute atomic E-state index is 12.0. The minimum Gasteiger partial charge on any atom is -0.346 e. The van der Waals surface area contributed by atoms with E-state index in [1.807, 2.05) is 39.2 Å². The molecule has 0 heterocycles. The minimum absolute atomic E-state index is 0.0709. The van der Waals surface area contributed by atoms with Gasteiger partial charge in [0.05, 0.1) is 12.6 Å². The number of carbonyl (C=O) groups excluding carboxylic acids is 2. The lowest BCUT2D eigenvalue weighted by molar-refractivity contribution is -0.125. The van der Waals surface area contributed by atoms with E-state index >= 15 is 0 Å². The molecule has 1 atom stereocenters. The third kappa shape index (κ3) is 5.69. The Morgan fingerprint density at radius 2 is 1.82 bits per heavy atom. The second-order valence-electron chi connectivity index (χ2n) is 5.43. The van der Waals surface area contributed by atoms with Gasteiger partial charge in [0.1, 0.15) is 0 Å². The SMILES string of the molecule is CSCCC(N)C(=O)NCC(=O)Nc1c(C)cc(C)cc1C. The summed E-state index contributed by atoms with van der Waals surface area (Å²) in [5, 5.41) is 5.42. The van der Waals surface area contributed by atoms with Gasteiger partial charge in [0.2, 0.25) is 11.8 Å². The van der Waals surface area contributed by atoms with E-state index in [2.05, 4.69) is 10.6 Å². The van der Waals surface area contributed by atoms with Crippen molar-refractivity contribution in [1.82, 2.24) is 5.32 Å². The molecule has 5 nitrogen and oxygen atoms in total. The van der Waals surface area contributed by atoms with Crippen LogP contribution in [0.4, 0.5) is 5.69 Å². The fourth-order valence-electron chi connectivity index (χ4n) is 2.24. The van der Waals surface area contributed by atoms with Crippen LogP contribution in [-0.2, 0) is 9.59 Å². The Bertz CT molecular complexity index is 523. The number of aryl methyl sites for hydroxylation is 3. The number of amides is 2. The molecule has 1 aromatic rings. The van der Waals surface area contributed by atoms with Crippen LogP contribution in [0, 0.1) is 20.8 Å². The Balaban J connectivity index is 2.52. The molecule has 0 spiro atoms. The molecule has 0 aliphatic heterocycles. The maximum Gasteiger partial charge on any atom is 0.243 e. The largest absolute Gasteiger partial charge is 0.346 e. The van der Waals surface area contributed by atoms with E-state index in [0.29, 0.717) is 6.42 Å². The molecule has 0 aliphatic rings. The molecule has 1 unspecified atom stereocenters. The second kappa shape index (κ2) is 8.80. The fraction of sp³-hybridized carbons (Fsp3) is 0.500. The third-order valence-corrected chi connectivity index (χ3v) is 3.98. The van der Waals surface area contributed by atoms with Gasteiger partial charge in [-0.2, -0.15) is 11.8 Å². The molecule has 0 saturated carbocycles. The average molecular weight is 323 g/mol. The van der Waals surface area contributed by atoms with Crippen molar-refractivity contribution in [3.05, 3.63) is 28.8 Å². The molecule has 0 radical (unpaired) electrons. The van der Waals surface area contributed by atoms with E-state index in [-0.39, 0.29) is 18.4 Å². The smallest absolute Gasteiger partial charge is 0.243 e. The van der Waals surface area contributed by atoms with E-state index in [4.69, 9.17) is 5.73 Å². The van der Waals surface area contributed by atoms with Gasteiger partial charge in [0, 0.05) is 5.69 Å². The van der Waals surface area contributed by atoms with Gasteiger partial charge in [0.25, 0.3) is 0 Å². The first kappa shape index (κ1) is 18.5. The normalized spacial score (nSPS) is 11.9. The number of hydrogen-bond donors (Lipinski definition) is 3. The van der Waals surface area contributed by atoms with Crippen LogP contribution < -0.4 is 16.4 Å². The number of carbonyl (C=O) groups is 2. The van der Waals surface area contributed by atoms with Crippen LogP contribution in [0.15, 0.2) is 12.1 Å². The summed E-state index contributed by atoms with van der Waals surface area (Å²) < 4.78 is 0. The van der Waals surface area contributed by atoms with Gasteiger partial charge in [0.15, 0.2) is 0 Å². The predicted octanol–water partition coefficient (Wildman–Crippen LogP) is 1.75. The summed E-state index contributed by atoms with van der Waals surface area (Å²) in [6.45, 7) is 5.85. The van der Waals surface area contributed by atoms with Crippen molar-refractivity contribution in [3.8, 4) is 0 Å². The number of hydrogen-bond acceptors (Lipinski definition) is 4. The highest BCUT2D eigenvalue weighted by atomic mass is 32.2. The number of thioether (sulfide) groups is 1. The Labute approximate surface area is 136 Å². The summed E-state index contributed by atoms with van der Waals surface area (Å²) >= 11 is 1.64. The zero-order valence-corrected chi connectivity index (χ0v) is 14.5. The first-order valence-electron chi connectivity index (χ1n) is 7.25. The molecule has 122 valence electrons. The van der Waals surface area contributed by atoms with Gasteiger partial charge in [-0.15, -0.1) is 0 Å². The molecule has 0 aromatic heterocycles. The molecule has 22 heavy (non-hydrogen) atoms. The highest BCUT2D eigenvalue weighted by Gasteiger charge is 2.14. The third-order valence-electron chi connectivity index (χ3n) is 3.33. The minimum atomic E-state index is -0.567. The molecule has 0 aliphatic carbocycles. The van der Waals surface area contributed by atoms with Crippen molar-refractivity contribution in [2.45, 2.75) is 33.2 Å². The molecular weight excluding hydrogens is 298 g/mol. The van der Waals surface area contributed by atoms with Crippen molar-refractivity contribution in [3.63, 3.8) is 0 Å². The Kier molecular flexibility index (Phi) is 7.41. The summed E-state index contributed by atoms with van der Waals surface area (Å²) in [5.74, 6) is 0.282. The molecule has 0 saturated heterocycles. The summed E-state index contributed by atoms with van der Waals surface area (Å²) in [5.41, 5.74) is 9.72. The van der Waals surface area contributed by atoms with Gasteiger partial charge in [-0.1, -0.05) is 17.7 Å². The van der Waals surface area contributed by atoms with Crippen LogP contribution in [-0.4, -0.2) is 36.4 Å². The molecule has 1 aromatic carbocycles. The summed E-state index contributed by atoms with van der Waals surface area (Å²) in [4.78, 5) is 23.7. The number of anilines is 1. The topological polar surface area (TPSA) is 84.2 Å². The highest BCUT2D eigenvalue weighted by molar-refractivity contribution is 7.98. The second-order valence-corrected chi connectivity index (χ2v) is 6.41. The van der Waals surface area contributed by atoms with Gasteiger partial charge in [-0.3, -0.25) is 9.59 Å². The van der Waals surface area contributed by atoms with E-state index in [0.717, 1.165) is 28.1 Å². The van der Waals surface area contributed by atoms with Gasteiger partial charge in [-0.25, -0.2) is 0 Å². The monoisotopic (exact) mass is 323 g/mol. The highest BCUT2D eigenvalue weighted by Crippen LogP contribution is 2.21. The average Bonchev–Trinajstić information content (AvgIpc) is 2.45.